The first-order chi connectivity index (χ1) is 10.1. The molecule has 2 aromatic rings. The van der Waals surface area contributed by atoms with Gasteiger partial charge in [-0.3, -0.25) is 4.79 Å². The molecule has 1 aromatic heterocycles. The topological polar surface area (TPSA) is 75.4 Å². The van der Waals surface area contributed by atoms with E-state index in [2.05, 4.69) is 10.5 Å². The van der Waals surface area contributed by atoms with Crippen LogP contribution in [0.3, 0.4) is 0 Å². The van der Waals surface area contributed by atoms with Crippen molar-refractivity contribution in [2.24, 2.45) is 5.41 Å². The quantitative estimate of drug-likeness (QED) is 0.883. The van der Waals surface area contributed by atoms with Crippen molar-refractivity contribution >= 4 is 5.91 Å². The normalized spacial score (nSPS) is 15.7. The maximum Gasteiger partial charge on any atom is 0.289 e. The molecule has 110 valence electrons. The van der Waals surface area contributed by atoms with Gasteiger partial charge in [-0.25, -0.2) is 0 Å². The van der Waals surface area contributed by atoms with Crippen LogP contribution in [0.5, 0.6) is 0 Å². The number of carbonyl (C=O) groups excluding carboxylic acids is 1. The molecular formula is C16H18N2O3. The van der Waals surface area contributed by atoms with E-state index >= 15 is 0 Å². The molecule has 21 heavy (non-hydrogen) atoms. The van der Waals surface area contributed by atoms with E-state index in [0.717, 1.165) is 18.4 Å². The Balaban J connectivity index is 1.66. The van der Waals surface area contributed by atoms with E-state index in [0.29, 0.717) is 12.2 Å². The summed E-state index contributed by atoms with van der Waals surface area (Å²) in [5.41, 5.74) is 2.61. The van der Waals surface area contributed by atoms with Crippen LogP contribution in [0.4, 0.5) is 0 Å². The van der Waals surface area contributed by atoms with E-state index < -0.39 is 0 Å². The van der Waals surface area contributed by atoms with Gasteiger partial charge in [-0.15, -0.1) is 0 Å². The van der Waals surface area contributed by atoms with Crippen LogP contribution in [0.1, 0.15) is 29.0 Å². The Morgan fingerprint density at radius 3 is 2.71 bits per heavy atom. The molecule has 0 atom stereocenters. The fourth-order valence-electron chi connectivity index (χ4n) is 2.17. The lowest BCUT2D eigenvalue weighted by atomic mass is 10.1. The molecule has 0 saturated heterocycles. The molecule has 0 radical (unpaired) electrons. The number of aromatic nitrogens is 1. The fourth-order valence-corrected chi connectivity index (χ4v) is 2.17. The molecule has 1 aliphatic carbocycles. The van der Waals surface area contributed by atoms with Gasteiger partial charge in [0.05, 0.1) is 6.61 Å². The van der Waals surface area contributed by atoms with Gasteiger partial charge in [0.2, 0.25) is 5.76 Å². The fraction of sp³-hybridized carbons (Fsp3) is 0.375. The summed E-state index contributed by atoms with van der Waals surface area (Å²) in [4.78, 5) is 12.0. The van der Waals surface area contributed by atoms with Gasteiger partial charge in [-0.1, -0.05) is 35.0 Å². The molecule has 0 spiro atoms. The molecule has 3 rings (SSSR count). The van der Waals surface area contributed by atoms with Gasteiger partial charge in [0.1, 0.15) is 5.69 Å². The highest BCUT2D eigenvalue weighted by Gasteiger charge is 2.42. The Hall–Kier alpha value is -2.14. The van der Waals surface area contributed by atoms with Crippen molar-refractivity contribution in [2.75, 3.05) is 13.2 Å². The lowest BCUT2D eigenvalue weighted by Crippen LogP contribution is -2.31. The van der Waals surface area contributed by atoms with Crippen molar-refractivity contribution in [3.8, 4) is 11.3 Å². The van der Waals surface area contributed by atoms with Crippen molar-refractivity contribution in [3.63, 3.8) is 0 Å². The predicted molar refractivity (Wildman–Crippen MR) is 77.8 cm³/mol. The van der Waals surface area contributed by atoms with Gasteiger partial charge >= 0.3 is 0 Å². The minimum atomic E-state index is -0.291. The van der Waals surface area contributed by atoms with E-state index in [9.17, 15) is 9.90 Å². The van der Waals surface area contributed by atoms with Crippen molar-refractivity contribution < 1.29 is 14.4 Å². The lowest BCUT2D eigenvalue weighted by Gasteiger charge is -2.11. The van der Waals surface area contributed by atoms with Gasteiger partial charge in [0.15, 0.2) is 0 Å². The summed E-state index contributed by atoms with van der Waals surface area (Å²) in [7, 11) is 0. The van der Waals surface area contributed by atoms with Crippen LogP contribution in [0.25, 0.3) is 11.3 Å². The molecule has 5 heteroatoms. The molecule has 1 heterocycles. The van der Waals surface area contributed by atoms with Gasteiger partial charge < -0.3 is 14.9 Å². The van der Waals surface area contributed by atoms with Crippen molar-refractivity contribution in [2.45, 2.75) is 19.8 Å². The molecule has 1 aromatic carbocycles. The average molecular weight is 286 g/mol. The third-order valence-corrected chi connectivity index (χ3v) is 4.00. The summed E-state index contributed by atoms with van der Waals surface area (Å²) in [5, 5.41) is 16.0. The van der Waals surface area contributed by atoms with Gasteiger partial charge in [-0.05, 0) is 19.8 Å². The molecule has 5 nitrogen and oxygen atoms in total. The molecule has 0 bridgehead atoms. The highest BCUT2D eigenvalue weighted by atomic mass is 16.5. The zero-order valence-electron chi connectivity index (χ0n) is 11.9. The van der Waals surface area contributed by atoms with Gasteiger partial charge in [0.25, 0.3) is 5.91 Å². The molecule has 1 amide bonds. The van der Waals surface area contributed by atoms with Crippen LogP contribution in [0.2, 0.25) is 0 Å². The SMILES string of the molecule is Cc1ccc(-c2cc(C(=O)NCC3(CO)CC3)on2)cc1. The second-order valence-electron chi connectivity index (χ2n) is 5.78. The molecule has 1 fully saturated rings. The van der Waals surface area contributed by atoms with E-state index in [1.54, 1.807) is 6.07 Å². The summed E-state index contributed by atoms with van der Waals surface area (Å²) < 4.78 is 5.11. The predicted octanol–water partition coefficient (Wildman–Crippen LogP) is 2.15. The highest BCUT2D eigenvalue weighted by Crippen LogP contribution is 2.44. The highest BCUT2D eigenvalue weighted by molar-refractivity contribution is 5.92. The van der Waals surface area contributed by atoms with E-state index in [1.807, 2.05) is 31.2 Å². The first-order valence-corrected chi connectivity index (χ1v) is 7.05. The van der Waals surface area contributed by atoms with E-state index in [4.69, 9.17) is 4.52 Å². The van der Waals surface area contributed by atoms with Crippen LogP contribution in [-0.4, -0.2) is 29.3 Å². The molecule has 0 aliphatic heterocycles. The number of nitrogens with one attached hydrogen (secondary N) is 1. The molecule has 0 unspecified atom stereocenters. The van der Waals surface area contributed by atoms with Crippen LogP contribution in [0, 0.1) is 12.3 Å². The summed E-state index contributed by atoms with van der Waals surface area (Å²) in [5.74, 6) is -0.0973. The lowest BCUT2D eigenvalue weighted by molar-refractivity contribution is 0.0898. The van der Waals surface area contributed by atoms with Gasteiger partial charge in [0, 0.05) is 23.6 Å². The Kier molecular flexibility index (Phi) is 3.51. The Morgan fingerprint density at radius 2 is 2.10 bits per heavy atom. The molecule has 1 aliphatic rings. The first kappa shape index (κ1) is 13.8. The zero-order chi connectivity index (χ0) is 14.9. The van der Waals surface area contributed by atoms with E-state index in [1.165, 1.54) is 5.56 Å². The smallest absolute Gasteiger partial charge is 0.289 e. The number of aryl methyl sites for hydroxylation is 1. The number of aliphatic hydroxyl groups excluding tert-OH is 1. The minimum absolute atomic E-state index is 0.109. The number of hydrogen-bond acceptors (Lipinski definition) is 4. The largest absolute Gasteiger partial charge is 0.396 e. The summed E-state index contributed by atoms with van der Waals surface area (Å²) in [6.45, 7) is 2.60. The van der Waals surface area contributed by atoms with E-state index in [-0.39, 0.29) is 23.7 Å². The number of hydrogen-bond donors (Lipinski definition) is 2. The second-order valence-corrected chi connectivity index (χ2v) is 5.78. The summed E-state index contributed by atoms with van der Waals surface area (Å²) in [6.07, 6.45) is 1.91. The van der Waals surface area contributed by atoms with Crippen molar-refractivity contribution in [1.82, 2.24) is 10.5 Å². The van der Waals surface area contributed by atoms with Crippen molar-refractivity contribution in [1.29, 1.82) is 0 Å². The van der Waals surface area contributed by atoms with Crippen molar-refractivity contribution in [3.05, 3.63) is 41.7 Å². The average Bonchev–Trinajstić information content (AvgIpc) is 3.12. The number of amides is 1. The zero-order valence-corrected chi connectivity index (χ0v) is 11.9. The monoisotopic (exact) mass is 286 g/mol. The summed E-state index contributed by atoms with van der Waals surface area (Å²) in [6, 6.07) is 9.50. The maximum atomic E-state index is 12.0. The van der Waals surface area contributed by atoms with Gasteiger partial charge in [-0.2, -0.15) is 0 Å². The third-order valence-electron chi connectivity index (χ3n) is 4.00. The number of carbonyl (C=O) groups is 1. The van der Waals surface area contributed by atoms with Crippen LogP contribution in [-0.2, 0) is 0 Å². The Morgan fingerprint density at radius 1 is 1.38 bits per heavy atom. The maximum absolute atomic E-state index is 12.0. The standard InChI is InChI=1S/C16H18N2O3/c1-11-2-4-12(5-3-11)13-8-14(21-18-13)15(20)17-9-16(10-19)6-7-16/h2-5,8,19H,6-7,9-10H2,1H3,(H,17,20). The number of aliphatic hydroxyl groups is 1. The number of nitrogens with zero attached hydrogens (tertiary/aromatic N) is 1. The van der Waals surface area contributed by atoms with Crippen LogP contribution >= 0.6 is 0 Å². The molecule has 2 N–H and O–H groups in total. The number of rotatable bonds is 5. The first-order valence-electron chi connectivity index (χ1n) is 7.05. The molecular weight excluding hydrogens is 268 g/mol. The minimum Gasteiger partial charge on any atom is -0.396 e. The third kappa shape index (κ3) is 2.97. The summed E-state index contributed by atoms with van der Waals surface area (Å²) >= 11 is 0. The van der Waals surface area contributed by atoms with Crippen LogP contribution in [0.15, 0.2) is 34.9 Å². The molecule has 1 saturated carbocycles. The Labute approximate surface area is 123 Å². The number of benzene rings is 1. The van der Waals surface area contributed by atoms with Crippen LogP contribution < -0.4 is 5.32 Å². The second kappa shape index (κ2) is 5.33. The Bertz CT molecular complexity index is 642.